The molecule has 0 radical (unpaired) electrons. The Labute approximate surface area is 461 Å². The maximum absolute atomic E-state index is 13.6. The number of carbonyl (C=O) groups is 5. The van der Waals surface area contributed by atoms with Crippen LogP contribution in [-0.2, 0) is 43.6 Å². The highest BCUT2D eigenvalue weighted by Gasteiger charge is 2.37. The van der Waals surface area contributed by atoms with E-state index in [0.717, 1.165) is 41.0 Å². The normalized spacial score (nSPS) is 13.7. The molecule has 5 amide bonds. The molecule has 4 heterocycles. The van der Waals surface area contributed by atoms with Crippen LogP contribution >= 0.6 is 0 Å². The third kappa shape index (κ3) is 12.2. The lowest BCUT2D eigenvalue weighted by atomic mass is 10.1. The Bertz CT molecular complexity index is 3830. The van der Waals surface area contributed by atoms with Gasteiger partial charge in [-0.1, -0.05) is 54.6 Å². The molecule has 0 unspecified atom stereocenters. The minimum Gasteiger partial charge on any atom is -0.493 e. The molecule has 0 spiro atoms. The number of alkyl halides is 3. The third-order valence-corrected chi connectivity index (χ3v) is 14.0. The molecule has 18 nitrogen and oxygen atoms in total. The number of hydrogen-bond donors (Lipinski definition) is 1. The predicted octanol–water partition coefficient (Wildman–Crippen LogP) is 7.78. The Morgan fingerprint density at radius 3 is 1.57 bits per heavy atom. The fourth-order valence-electron chi connectivity index (χ4n) is 9.73. The first-order valence-electron chi connectivity index (χ1n) is 26.0. The number of rotatable bonds is 19. The molecule has 1 aliphatic carbocycles. The van der Waals surface area contributed by atoms with Crippen molar-refractivity contribution in [1.82, 2.24) is 34.2 Å². The highest BCUT2D eigenvalue weighted by Crippen LogP contribution is 2.30. The smallest absolute Gasteiger partial charge is 0.493 e. The zero-order valence-electron chi connectivity index (χ0n) is 43.9. The monoisotopic (exact) mass is 1110 g/mol. The van der Waals surface area contributed by atoms with Crippen LogP contribution in [0.2, 0.25) is 0 Å². The Balaban J connectivity index is 0.000000195. The van der Waals surface area contributed by atoms with Crippen molar-refractivity contribution in [2.24, 2.45) is 0 Å². The van der Waals surface area contributed by atoms with E-state index >= 15 is 0 Å². The number of imide groups is 2. The first-order chi connectivity index (χ1) is 39.1. The number of nitrogens with zero attached hydrogens (tertiary/aromatic N) is 6. The molecule has 0 bridgehead atoms. The number of para-hydroxylation sites is 1. The number of hydrogen-bond acceptors (Lipinski definition) is 13. The average Bonchev–Trinajstić information content (AvgIpc) is 4.03. The van der Waals surface area contributed by atoms with Gasteiger partial charge in [-0.15, -0.1) is 13.2 Å². The van der Waals surface area contributed by atoms with Crippen LogP contribution < -0.4 is 35.4 Å². The molecule has 8 aromatic rings. The molecule has 21 heteroatoms. The van der Waals surface area contributed by atoms with Crippen LogP contribution in [0.1, 0.15) is 78.5 Å². The summed E-state index contributed by atoms with van der Waals surface area (Å²) < 4.78 is 61.7. The molecule has 11 rings (SSSR count). The number of halogens is 3. The first-order valence-corrected chi connectivity index (χ1v) is 26.0. The van der Waals surface area contributed by atoms with Crippen LogP contribution in [0, 0.1) is 0 Å². The van der Waals surface area contributed by atoms with Gasteiger partial charge in [-0.05, 0) is 110 Å². The van der Waals surface area contributed by atoms with Gasteiger partial charge in [0.05, 0.1) is 58.3 Å². The molecule has 0 atom stereocenters. The van der Waals surface area contributed by atoms with E-state index in [0.29, 0.717) is 70.5 Å². The van der Waals surface area contributed by atoms with Gasteiger partial charge in [0.15, 0.2) is 18.1 Å². The van der Waals surface area contributed by atoms with Gasteiger partial charge in [-0.3, -0.25) is 52.5 Å². The molecule has 1 N–H and O–H groups in total. The summed E-state index contributed by atoms with van der Waals surface area (Å²) in [7, 11) is 3.02. The number of nitrogens with one attached hydrogen (secondary N) is 1. The fourth-order valence-corrected chi connectivity index (χ4v) is 9.73. The third-order valence-electron chi connectivity index (χ3n) is 14.0. The van der Waals surface area contributed by atoms with E-state index < -0.39 is 29.5 Å². The quantitative estimate of drug-likeness (QED) is 0.0768. The Hall–Kier alpha value is -9.66. The zero-order chi connectivity index (χ0) is 57.0. The van der Waals surface area contributed by atoms with Gasteiger partial charge in [0.2, 0.25) is 0 Å². The van der Waals surface area contributed by atoms with Gasteiger partial charge in [0.1, 0.15) is 23.1 Å². The molecule has 2 aromatic heterocycles. The zero-order valence-corrected chi connectivity index (χ0v) is 43.9. The van der Waals surface area contributed by atoms with Crippen LogP contribution in [-0.4, -0.2) is 105 Å². The highest BCUT2D eigenvalue weighted by molar-refractivity contribution is 6.22. The van der Waals surface area contributed by atoms with Crippen LogP contribution in [0.4, 0.5) is 13.2 Å². The summed E-state index contributed by atoms with van der Waals surface area (Å²) in [5.74, 6) is 0.126. The van der Waals surface area contributed by atoms with Crippen molar-refractivity contribution in [1.29, 1.82) is 0 Å². The number of amides is 5. The van der Waals surface area contributed by atoms with Gasteiger partial charge in [-0.25, -0.2) is 9.97 Å². The van der Waals surface area contributed by atoms with Crippen molar-refractivity contribution in [3.05, 3.63) is 199 Å². The SMILES string of the molecule is COc1ccc(CCn2c(CCN3C(=O)c4ccccc4C3=O)nc3cc(OC(F)(F)F)ccc3c2=O)cc1OC.O=C(COc1ccc(CCn2c(CCN3C(=O)c4ccccc4C3=O)nc3ccccc3c2=O)cc1)NC1CC1.[HH]. The van der Waals surface area contributed by atoms with Crippen molar-refractivity contribution in [3.8, 4) is 23.0 Å². The van der Waals surface area contributed by atoms with Crippen LogP contribution in [0.5, 0.6) is 23.0 Å². The van der Waals surface area contributed by atoms with E-state index in [2.05, 4.69) is 15.0 Å². The molecule has 0 saturated heterocycles. The number of aryl methyl sites for hydroxylation is 2. The second-order valence-corrected chi connectivity index (χ2v) is 19.3. The molecule has 1 fully saturated rings. The minimum atomic E-state index is -4.92. The van der Waals surface area contributed by atoms with Gasteiger partial charge in [0.25, 0.3) is 40.7 Å². The molecule has 1 saturated carbocycles. The van der Waals surface area contributed by atoms with E-state index in [1.165, 1.54) is 29.8 Å². The summed E-state index contributed by atoms with van der Waals surface area (Å²) in [6.45, 7) is 0.551. The van der Waals surface area contributed by atoms with Gasteiger partial charge < -0.3 is 24.3 Å². The summed E-state index contributed by atoms with van der Waals surface area (Å²) in [6, 6.07) is 36.8. The Morgan fingerprint density at radius 2 is 1.04 bits per heavy atom. The minimum absolute atomic E-state index is 0. The van der Waals surface area contributed by atoms with E-state index in [9.17, 15) is 46.7 Å². The molecule has 3 aliphatic rings. The van der Waals surface area contributed by atoms with Crippen LogP contribution in [0.3, 0.4) is 0 Å². The van der Waals surface area contributed by atoms with Crippen molar-refractivity contribution in [2.45, 2.75) is 64.0 Å². The molecular formula is C60H54F3N7O11. The summed E-state index contributed by atoms with van der Waals surface area (Å²) in [6.07, 6.45) is -1.68. The van der Waals surface area contributed by atoms with Gasteiger partial charge in [0, 0.05) is 52.6 Å². The van der Waals surface area contributed by atoms with Crippen LogP contribution in [0.25, 0.3) is 21.8 Å². The van der Waals surface area contributed by atoms with Crippen molar-refractivity contribution < 1.29 is 57.5 Å². The predicted molar refractivity (Wildman–Crippen MR) is 292 cm³/mol. The molecule has 416 valence electrons. The van der Waals surface area contributed by atoms with E-state index in [-0.39, 0.29) is 91.6 Å². The summed E-state index contributed by atoms with van der Waals surface area (Å²) in [4.78, 5) is 102. The first kappa shape index (κ1) is 54.7. The maximum atomic E-state index is 13.6. The average molecular weight is 1110 g/mol. The van der Waals surface area contributed by atoms with Crippen molar-refractivity contribution >= 4 is 51.3 Å². The molecular weight excluding hydrogens is 1050 g/mol. The van der Waals surface area contributed by atoms with Crippen molar-refractivity contribution in [3.63, 3.8) is 0 Å². The number of ether oxygens (including phenoxy) is 4. The molecule has 2 aliphatic heterocycles. The Morgan fingerprint density at radius 1 is 0.556 bits per heavy atom. The largest absolute Gasteiger partial charge is 0.573 e. The fraction of sp³-hybridized carbons (Fsp3) is 0.250. The number of fused-ring (bicyclic) bond motifs is 4. The van der Waals surface area contributed by atoms with Crippen LogP contribution in [0.15, 0.2) is 143 Å². The lowest BCUT2D eigenvalue weighted by molar-refractivity contribution is -0.274. The summed E-state index contributed by atoms with van der Waals surface area (Å²) >= 11 is 0. The number of benzene rings is 6. The summed E-state index contributed by atoms with van der Waals surface area (Å²) in [5, 5.41) is 3.50. The molecule has 81 heavy (non-hydrogen) atoms. The lowest BCUT2D eigenvalue weighted by Gasteiger charge is -2.18. The number of carbonyl (C=O) groups excluding carboxylic acids is 5. The number of aromatic nitrogens is 4. The highest BCUT2D eigenvalue weighted by atomic mass is 19.4. The second kappa shape index (κ2) is 23.4. The topological polar surface area (TPSA) is 211 Å². The second-order valence-electron chi connectivity index (χ2n) is 19.3. The number of methoxy groups -OCH3 is 2. The van der Waals surface area contributed by atoms with E-state index in [1.54, 1.807) is 83.4 Å². The van der Waals surface area contributed by atoms with Gasteiger partial charge in [-0.2, -0.15) is 0 Å². The lowest BCUT2D eigenvalue weighted by Crippen LogP contribution is -2.34. The van der Waals surface area contributed by atoms with Crippen molar-refractivity contribution in [2.75, 3.05) is 33.9 Å². The Kier molecular flexibility index (Phi) is 15.8. The maximum Gasteiger partial charge on any atom is 0.573 e. The standard InChI is InChI=1S/C31H28N4O5.C29H24F3N3O6.H2/c36-28(32-21-11-12-21)19-40-22-13-9-20(10-14-22)15-17-34-27(33-26-8-4-3-7-25(26)31(34)39)16-18-35-29(37)23-5-1-2-6-24(23)30(35)38;1-39-23-10-7-17(15-24(23)40-2)11-13-34-25(12-14-35-26(36)19-5-3-4-6-20(19)27(35)37)33-22-16-18(41-29(30,31)32)8-9-21(22)28(34)38;/h1-10,13-14,21H,11-12,15-19H2,(H,32,36);3-10,15-16H,11-14H2,1-2H3;1H. The molecule has 6 aromatic carbocycles. The summed E-state index contributed by atoms with van der Waals surface area (Å²) in [5.41, 5.74) is 3.10. The van der Waals surface area contributed by atoms with E-state index in [1.807, 2.05) is 36.4 Å². The van der Waals surface area contributed by atoms with Gasteiger partial charge >= 0.3 is 6.36 Å². The van der Waals surface area contributed by atoms with E-state index in [4.69, 9.17) is 19.2 Å².